The van der Waals surface area contributed by atoms with Gasteiger partial charge in [0, 0.05) is 11.9 Å². The summed E-state index contributed by atoms with van der Waals surface area (Å²) in [5.74, 6) is -1.72. The highest BCUT2D eigenvalue weighted by Crippen LogP contribution is 2.25. The average molecular weight is 512 g/mol. The molecule has 0 spiro atoms. The maximum absolute atomic E-state index is 13.4. The standard InChI is InChI=1S/C28H21FN4O5/c1-3-37-28(36)18-6-10-21(11-7-18)31-25(34)19(16-30)15-23-26(38-22-12-8-20(29)9-13-22)32-24-17(2)5-4-14-33(24)27(23)35/h4-15H,3H2,1-2H3,(H,31,34)/b19-15-. The minimum absolute atomic E-state index is 0.151. The number of ether oxygens (including phenoxy) is 2. The van der Waals surface area contributed by atoms with Gasteiger partial charge in [-0.1, -0.05) is 6.07 Å². The Balaban J connectivity index is 1.72. The number of nitrogens with zero attached hydrogens (tertiary/aromatic N) is 3. The van der Waals surface area contributed by atoms with E-state index in [0.29, 0.717) is 22.5 Å². The minimum Gasteiger partial charge on any atom is -0.462 e. The fourth-order valence-corrected chi connectivity index (χ4v) is 3.50. The molecule has 0 aliphatic carbocycles. The van der Waals surface area contributed by atoms with E-state index in [0.717, 1.165) is 6.08 Å². The summed E-state index contributed by atoms with van der Waals surface area (Å²) in [7, 11) is 0. The van der Waals surface area contributed by atoms with Crippen molar-refractivity contribution in [2.45, 2.75) is 13.8 Å². The van der Waals surface area contributed by atoms with Crippen molar-refractivity contribution in [1.29, 1.82) is 5.26 Å². The third-order valence-electron chi connectivity index (χ3n) is 5.39. The molecule has 10 heteroatoms. The lowest BCUT2D eigenvalue weighted by molar-refractivity contribution is -0.112. The van der Waals surface area contributed by atoms with Gasteiger partial charge < -0.3 is 14.8 Å². The molecule has 190 valence electrons. The normalized spacial score (nSPS) is 11.1. The molecule has 38 heavy (non-hydrogen) atoms. The van der Waals surface area contributed by atoms with E-state index < -0.39 is 28.8 Å². The zero-order chi connectivity index (χ0) is 27.2. The molecule has 0 unspecified atom stereocenters. The van der Waals surface area contributed by atoms with E-state index in [1.165, 1.54) is 59.1 Å². The van der Waals surface area contributed by atoms with Crippen molar-refractivity contribution < 1.29 is 23.5 Å². The molecule has 0 saturated carbocycles. The molecule has 1 amide bonds. The van der Waals surface area contributed by atoms with E-state index >= 15 is 0 Å². The highest BCUT2D eigenvalue weighted by Gasteiger charge is 2.18. The van der Waals surface area contributed by atoms with Crippen LogP contribution >= 0.6 is 0 Å². The zero-order valence-corrected chi connectivity index (χ0v) is 20.4. The van der Waals surface area contributed by atoms with E-state index in [9.17, 15) is 24.0 Å². The number of hydrogen-bond donors (Lipinski definition) is 1. The molecule has 0 atom stereocenters. The summed E-state index contributed by atoms with van der Waals surface area (Å²) in [5, 5.41) is 12.3. The van der Waals surface area contributed by atoms with Crippen LogP contribution in [0.25, 0.3) is 11.7 Å². The van der Waals surface area contributed by atoms with Crippen LogP contribution in [0.4, 0.5) is 10.1 Å². The molecule has 0 aliphatic rings. The number of aryl methyl sites for hydroxylation is 1. The van der Waals surface area contributed by atoms with Crippen molar-refractivity contribution in [3.8, 4) is 17.7 Å². The van der Waals surface area contributed by atoms with Gasteiger partial charge in [0.1, 0.15) is 34.4 Å². The Morgan fingerprint density at radius 3 is 2.50 bits per heavy atom. The molecule has 0 fully saturated rings. The lowest BCUT2D eigenvalue weighted by Gasteiger charge is -2.11. The number of amides is 1. The Morgan fingerprint density at radius 2 is 1.84 bits per heavy atom. The zero-order valence-electron chi connectivity index (χ0n) is 20.4. The Morgan fingerprint density at radius 1 is 1.13 bits per heavy atom. The summed E-state index contributed by atoms with van der Waals surface area (Å²) in [6.07, 6.45) is 2.60. The number of aromatic nitrogens is 2. The number of pyridine rings is 1. The van der Waals surface area contributed by atoms with Gasteiger partial charge in [0.05, 0.1) is 12.2 Å². The van der Waals surface area contributed by atoms with E-state index in [1.807, 2.05) is 0 Å². The Labute approximate surface area is 216 Å². The molecule has 0 radical (unpaired) electrons. The second-order valence-corrected chi connectivity index (χ2v) is 8.00. The molecular formula is C28H21FN4O5. The first kappa shape index (κ1) is 25.8. The van der Waals surface area contributed by atoms with Crippen LogP contribution in [-0.2, 0) is 9.53 Å². The predicted octanol–water partition coefficient (Wildman–Crippen LogP) is 4.66. The van der Waals surface area contributed by atoms with Crippen molar-refractivity contribution in [3.63, 3.8) is 0 Å². The molecule has 2 heterocycles. The first-order valence-corrected chi connectivity index (χ1v) is 11.5. The third kappa shape index (κ3) is 5.57. The van der Waals surface area contributed by atoms with Crippen molar-refractivity contribution in [3.05, 3.63) is 105 Å². The Hall–Kier alpha value is -5.30. The number of anilines is 1. The van der Waals surface area contributed by atoms with Crippen molar-refractivity contribution in [2.24, 2.45) is 0 Å². The van der Waals surface area contributed by atoms with E-state index in [2.05, 4.69) is 10.3 Å². The number of halogens is 1. The lowest BCUT2D eigenvalue weighted by atomic mass is 10.1. The summed E-state index contributed by atoms with van der Waals surface area (Å²) < 4.78 is 25.4. The molecule has 0 saturated heterocycles. The molecule has 4 rings (SSSR count). The predicted molar refractivity (Wildman–Crippen MR) is 137 cm³/mol. The fraction of sp³-hybridized carbons (Fsp3) is 0.107. The van der Waals surface area contributed by atoms with Gasteiger partial charge in [-0.3, -0.25) is 14.0 Å². The van der Waals surface area contributed by atoms with Crippen LogP contribution in [0, 0.1) is 24.1 Å². The number of carbonyl (C=O) groups excluding carboxylic acids is 2. The second-order valence-electron chi connectivity index (χ2n) is 8.00. The molecule has 1 N–H and O–H groups in total. The van der Waals surface area contributed by atoms with Gasteiger partial charge in [0.15, 0.2) is 0 Å². The van der Waals surface area contributed by atoms with Gasteiger partial charge in [-0.2, -0.15) is 10.2 Å². The van der Waals surface area contributed by atoms with Crippen LogP contribution in [-0.4, -0.2) is 27.9 Å². The summed E-state index contributed by atoms with van der Waals surface area (Å²) >= 11 is 0. The third-order valence-corrected chi connectivity index (χ3v) is 5.39. The summed E-state index contributed by atoms with van der Waals surface area (Å²) in [5.41, 5.74) is 0.502. The lowest BCUT2D eigenvalue weighted by Crippen LogP contribution is -2.20. The van der Waals surface area contributed by atoms with Crippen LogP contribution in [0.3, 0.4) is 0 Å². The van der Waals surface area contributed by atoms with Crippen molar-refractivity contribution >= 4 is 29.3 Å². The fourth-order valence-electron chi connectivity index (χ4n) is 3.50. The monoisotopic (exact) mass is 512 g/mol. The summed E-state index contributed by atoms with van der Waals surface area (Å²) in [4.78, 5) is 42.6. The van der Waals surface area contributed by atoms with Crippen molar-refractivity contribution in [1.82, 2.24) is 9.38 Å². The Bertz CT molecular complexity index is 1650. The molecule has 0 bridgehead atoms. The van der Waals surface area contributed by atoms with Gasteiger partial charge in [-0.25, -0.2) is 9.18 Å². The number of carbonyl (C=O) groups is 2. The van der Waals surface area contributed by atoms with Gasteiger partial charge in [0.25, 0.3) is 11.5 Å². The highest BCUT2D eigenvalue weighted by molar-refractivity contribution is 6.10. The van der Waals surface area contributed by atoms with Crippen LogP contribution in [0.2, 0.25) is 0 Å². The molecular weight excluding hydrogens is 491 g/mol. The van der Waals surface area contributed by atoms with Gasteiger partial charge in [-0.15, -0.1) is 0 Å². The number of nitrogens with one attached hydrogen (secondary N) is 1. The Kier molecular flexibility index (Phi) is 7.58. The first-order chi connectivity index (χ1) is 18.3. The maximum atomic E-state index is 13.4. The smallest absolute Gasteiger partial charge is 0.338 e. The number of benzene rings is 2. The highest BCUT2D eigenvalue weighted by atomic mass is 19.1. The molecule has 2 aromatic heterocycles. The van der Waals surface area contributed by atoms with Gasteiger partial charge in [-0.05, 0) is 80.1 Å². The largest absolute Gasteiger partial charge is 0.462 e. The van der Waals surface area contributed by atoms with Crippen LogP contribution in [0.5, 0.6) is 11.6 Å². The van der Waals surface area contributed by atoms with Crippen LogP contribution in [0.15, 0.2) is 77.2 Å². The molecule has 4 aromatic rings. The number of esters is 1. The number of rotatable bonds is 7. The molecule has 2 aromatic carbocycles. The van der Waals surface area contributed by atoms with Crippen LogP contribution in [0.1, 0.15) is 28.4 Å². The quantitative estimate of drug-likeness (QED) is 0.217. The maximum Gasteiger partial charge on any atom is 0.338 e. The van der Waals surface area contributed by atoms with E-state index in [-0.39, 0.29) is 23.8 Å². The number of fused-ring (bicyclic) bond motifs is 1. The van der Waals surface area contributed by atoms with Gasteiger partial charge >= 0.3 is 5.97 Å². The second kappa shape index (κ2) is 11.2. The average Bonchev–Trinajstić information content (AvgIpc) is 2.91. The number of nitriles is 1. The minimum atomic E-state index is -0.794. The SMILES string of the molecule is CCOC(=O)c1ccc(NC(=O)/C(C#N)=C\c2c(Oc3ccc(F)cc3)nc3c(C)cccn3c2=O)cc1. The van der Waals surface area contributed by atoms with E-state index in [1.54, 1.807) is 32.0 Å². The van der Waals surface area contributed by atoms with Crippen LogP contribution < -0.4 is 15.6 Å². The van der Waals surface area contributed by atoms with Crippen molar-refractivity contribution in [2.75, 3.05) is 11.9 Å². The molecule has 9 nitrogen and oxygen atoms in total. The first-order valence-electron chi connectivity index (χ1n) is 11.5. The van der Waals surface area contributed by atoms with E-state index in [4.69, 9.17) is 9.47 Å². The number of hydrogen-bond acceptors (Lipinski definition) is 7. The summed E-state index contributed by atoms with van der Waals surface area (Å²) in [6.45, 7) is 3.68. The van der Waals surface area contributed by atoms with Gasteiger partial charge in [0.2, 0.25) is 5.88 Å². The molecule has 0 aliphatic heterocycles. The summed E-state index contributed by atoms with van der Waals surface area (Å²) in [6, 6.07) is 16.2. The topological polar surface area (TPSA) is 123 Å².